The molecule has 0 unspecified atom stereocenters. The van der Waals surface area contributed by atoms with Crippen molar-refractivity contribution in [1.82, 2.24) is 0 Å². The molecule has 0 atom stereocenters. The van der Waals surface area contributed by atoms with Crippen LogP contribution in [-0.2, 0) is 4.84 Å². The van der Waals surface area contributed by atoms with Crippen LogP contribution in [0.4, 0.5) is 0 Å². The number of nitrogens with zero attached hydrogens (tertiary/aromatic N) is 1. The van der Waals surface area contributed by atoms with Crippen LogP contribution in [0.5, 0.6) is 0 Å². The average Bonchev–Trinajstić information content (AvgIpc) is 1.37. The Bertz CT molecular complexity index is 13.7. The van der Waals surface area contributed by atoms with E-state index in [-0.39, 0.29) is 32.2 Å². The van der Waals surface area contributed by atoms with Crippen molar-refractivity contribution < 1.29 is 4.84 Å². The van der Waals surface area contributed by atoms with Gasteiger partial charge in [0, 0.05) is 7.11 Å². The van der Waals surface area contributed by atoms with Gasteiger partial charge in [-0.2, -0.15) is 0 Å². The summed E-state index contributed by atoms with van der Waals surface area (Å²) >= 11 is 0. The molecule has 0 radical (unpaired) electrons. The molecule has 0 N–H and O–H groups in total. The van der Waals surface area contributed by atoms with E-state index in [9.17, 15) is 0 Å². The summed E-state index contributed by atoms with van der Waals surface area (Å²) in [5.41, 5.74) is 3.24. The van der Waals surface area contributed by atoms with E-state index in [1.165, 1.54) is 7.11 Å². The van der Waals surface area contributed by atoms with E-state index in [2.05, 4.69) is 10.3 Å². The van der Waals surface area contributed by atoms with Gasteiger partial charge < -0.3 is 25.2 Å². The fourth-order valence-corrected chi connectivity index (χ4v) is 0. The van der Waals surface area contributed by atoms with Crippen molar-refractivity contribution in [3.05, 3.63) is 20.3 Å². The van der Waals surface area contributed by atoms with Gasteiger partial charge in [-0.15, -0.1) is 7.05 Å². The molecule has 0 amide bonds. The third-order valence-corrected chi connectivity index (χ3v) is 0.183. The first-order valence-corrected chi connectivity index (χ1v) is 1.04. The van der Waals surface area contributed by atoms with E-state index < -0.39 is 0 Å². The van der Waals surface area contributed by atoms with Crippen LogP contribution in [0.25, 0.3) is 5.48 Å². The van der Waals surface area contributed by atoms with Gasteiger partial charge in [-0.05, 0) is 0 Å². The smallest absolute Gasteiger partial charge is 0.537 e. The first-order valence-electron chi connectivity index (χ1n) is 1.04. The zero-order chi connectivity index (χ0) is 3.41. The molecule has 0 saturated heterocycles. The van der Waals surface area contributed by atoms with E-state index in [0.29, 0.717) is 0 Å². The SMILES string of the molecule is C[N-]OC.[Al+3].[CH3-].[CH3-]. The molecule has 0 fully saturated rings. The summed E-state index contributed by atoms with van der Waals surface area (Å²) in [7, 11) is 3.10. The van der Waals surface area contributed by atoms with E-state index in [1.807, 2.05) is 0 Å². The Kier molecular flexibility index (Phi) is 119. The monoisotopic (exact) mass is 117 g/mol. The maximum atomic E-state index is 4.17. The molecular formula is C4H12AlNO. The van der Waals surface area contributed by atoms with Gasteiger partial charge in [0.2, 0.25) is 0 Å². The van der Waals surface area contributed by atoms with E-state index in [1.54, 1.807) is 7.05 Å². The van der Waals surface area contributed by atoms with Crippen LogP contribution in [0.15, 0.2) is 0 Å². The fraction of sp³-hybridized carbons (Fsp3) is 0.500. The molecule has 2 nitrogen and oxygen atoms in total. The molecule has 0 rings (SSSR count). The third-order valence-electron chi connectivity index (χ3n) is 0.183. The maximum Gasteiger partial charge on any atom is 3.00 e. The van der Waals surface area contributed by atoms with Crippen LogP contribution in [0, 0.1) is 14.9 Å². The summed E-state index contributed by atoms with van der Waals surface area (Å²) in [5.74, 6) is 0. The minimum Gasteiger partial charge on any atom is -0.537 e. The molecule has 0 aromatic carbocycles. The van der Waals surface area contributed by atoms with Crippen LogP contribution in [0.3, 0.4) is 0 Å². The van der Waals surface area contributed by atoms with Crippen LogP contribution in [-0.4, -0.2) is 31.5 Å². The standard InChI is InChI=1S/C2H6NO.2CH3.Al/c1-3-4-2;;;/h1-2H3;2*1H3;/q3*-1;+3. The van der Waals surface area contributed by atoms with Crippen LogP contribution in [0.2, 0.25) is 0 Å². The topological polar surface area (TPSA) is 23.3 Å². The number of hydroxylamine groups is 1. The third kappa shape index (κ3) is 60.6. The van der Waals surface area contributed by atoms with Crippen LogP contribution >= 0.6 is 0 Å². The molecule has 0 spiro atoms. The van der Waals surface area contributed by atoms with Crippen molar-refractivity contribution in [3.63, 3.8) is 0 Å². The zero-order valence-electron chi connectivity index (χ0n) is 5.43. The van der Waals surface area contributed by atoms with Gasteiger partial charge in [0.1, 0.15) is 0 Å². The molecule has 0 aliphatic rings. The zero-order valence-corrected chi connectivity index (χ0v) is 6.59. The van der Waals surface area contributed by atoms with E-state index in [0.717, 1.165) is 0 Å². The Morgan fingerprint density at radius 2 is 1.43 bits per heavy atom. The van der Waals surface area contributed by atoms with Gasteiger partial charge >= 0.3 is 17.4 Å². The van der Waals surface area contributed by atoms with Crippen LogP contribution < -0.4 is 0 Å². The Hall–Kier alpha value is 0.452. The summed E-state index contributed by atoms with van der Waals surface area (Å²) in [6.07, 6.45) is 0. The van der Waals surface area contributed by atoms with E-state index in [4.69, 9.17) is 0 Å². The van der Waals surface area contributed by atoms with Crippen molar-refractivity contribution in [2.45, 2.75) is 0 Å². The predicted molar refractivity (Wildman–Crippen MR) is 34.9 cm³/mol. The van der Waals surface area contributed by atoms with Gasteiger partial charge in [-0.25, -0.2) is 0 Å². The average molecular weight is 117 g/mol. The number of rotatable bonds is 1. The first-order chi connectivity index (χ1) is 1.91. The van der Waals surface area contributed by atoms with Gasteiger partial charge in [0.15, 0.2) is 0 Å². The molecular weight excluding hydrogens is 105 g/mol. The largest absolute Gasteiger partial charge is 3.00 e. The van der Waals surface area contributed by atoms with Crippen molar-refractivity contribution in [3.8, 4) is 0 Å². The molecule has 0 heterocycles. The fourth-order valence-electron chi connectivity index (χ4n) is 0. The number of hydrogen-bond donors (Lipinski definition) is 0. The number of hydrogen-bond acceptors (Lipinski definition) is 1. The van der Waals surface area contributed by atoms with Gasteiger partial charge in [-0.3, -0.25) is 0 Å². The summed E-state index contributed by atoms with van der Waals surface area (Å²) in [5, 5.41) is 0. The molecule has 0 aliphatic carbocycles. The Morgan fingerprint density at radius 3 is 1.43 bits per heavy atom. The Morgan fingerprint density at radius 1 is 1.29 bits per heavy atom. The quantitative estimate of drug-likeness (QED) is 0.286. The van der Waals surface area contributed by atoms with Crippen molar-refractivity contribution in [2.24, 2.45) is 0 Å². The second-order valence-corrected chi connectivity index (χ2v) is 0.365. The molecule has 0 aromatic rings. The van der Waals surface area contributed by atoms with Gasteiger partial charge in [0.25, 0.3) is 0 Å². The van der Waals surface area contributed by atoms with Crippen LogP contribution in [0.1, 0.15) is 0 Å². The summed E-state index contributed by atoms with van der Waals surface area (Å²) in [4.78, 5) is 4.17. The van der Waals surface area contributed by atoms with Crippen molar-refractivity contribution >= 4 is 17.4 Å². The summed E-state index contributed by atoms with van der Waals surface area (Å²) in [6, 6.07) is 0. The first kappa shape index (κ1) is 26.0. The molecule has 0 aromatic heterocycles. The van der Waals surface area contributed by atoms with Crippen molar-refractivity contribution in [2.75, 3.05) is 14.2 Å². The molecule has 42 valence electrons. The summed E-state index contributed by atoms with van der Waals surface area (Å²) < 4.78 is 0. The van der Waals surface area contributed by atoms with Gasteiger partial charge in [0.05, 0.1) is 0 Å². The summed E-state index contributed by atoms with van der Waals surface area (Å²) in [6.45, 7) is 0. The second kappa shape index (κ2) is 31.9. The minimum absolute atomic E-state index is 0. The van der Waals surface area contributed by atoms with Crippen molar-refractivity contribution in [1.29, 1.82) is 0 Å². The minimum atomic E-state index is 0. The normalized spacial score (nSPS) is 4.29. The molecule has 7 heavy (non-hydrogen) atoms. The maximum absolute atomic E-state index is 4.17. The Balaban J connectivity index is -0.0000000150. The molecule has 3 heteroatoms. The van der Waals surface area contributed by atoms with E-state index >= 15 is 0 Å². The predicted octanol–water partition coefficient (Wildman–Crippen LogP) is 1.07. The molecule has 0 aliphatic heterocycles. The van der Waals surface area contributed by atoms with Gasteiger partial charge in [-0.1, -0.05) is 0 Å². The molecule has 0 bridgehead atoms. The molecule has 0 saturated carbocycles. The second-order valence-electron chi connectivity index (χ2n) is 0.365. The Labute approximate surface area is 57.3 Å².